The number of hydrogen-bond acceptors (Lipinski definition) is 5. The molecule has 2 fully saturated rings. The highest BCUT2D eigenvalue weighted by atomic mass is 35.5. The molecule has 1 aliphatic heterocycles. The van der Waals surface area contributed by atoms with E-state index in [2.05, 4.69) is 10.1 Å². The van der Waals surface area contributed by atoms with Crippen molar-refractivity contribution in [1.29, 1.82) is 5.41 Å². The largest absolute Gasteiger partial charge is 0.489 e. The summed E-state index contributed by atoms with van der Waals surface area (Å²) in [5, 5.41) is 11.9. The summed E-state index contributed by atoms with van der Waals surface area (Å²) >= 11 is 0. The van der Waals surface area contributed by atoms with Gasteiger partial charge in [-0.15, -0.1) is 12.4 Å². The Morgan fingerprint density at radius 3 is 2.54 bits per heavy atom. The predicted octanol–water partition coefficient (Wildman–Crippen LogP) is 5.66. The van der Waals surface area contributed by atoms with Crippen molar-refractivity contribution >= 4 is 18.4 Å². The predicted molar refractivity (Wildman–Crippen MR) is 125 cm³/mol. The number of aromatic nitrogens is 2. The molecule has 2 aromatic carbocycles. The van der Waals surface area contributed by atoms with Gasteiger partial charge in [0.15, 0.2) is 5.96 Å². The third-order valence-corrected chi connectivity index (χ3v) is 6.25. The minimum atomic E-state index is -4.36. The van der Waals surface area contributed by atoms with Crippen LogP contribution in [-0.2, 0) is 12.8 Å². The molecule has 3 aromatic rings. The van der Waals surface area contributed by atoms with Gasteiger partial charge in [-0.05, 0) is 73.1 Å². The second-order valence-corrected chi connectivity index (χ2v) is 8.70. The van der Waals surface area contributed by atoms with Crippen LogP contribution in [0.3, 0.4) is 0 Å². The van der Waals surface area contributed by atoms with Crippen LogP contribution in [0.5, 0.6) is 5.75 Å². The fourth-order valence-electron chi connectivity index (χ4n) is 4.28. The zero-order valence-electron chi connectivity index (χ0n) is 18.7. The van der Waals surface area contributed by atoms with Crippen LogP contribution in [0.25, 0.3) is 11.4 Å². The Kier molecular flexibility index (Phi) is 6.93. The van der Waals surface area contributed by atoms with E-state index in [1.807, 2.05) is 18.2 Å². The molecule has 2 aliphatic rings. The van der Waals surface area contributed by atoms with E-state index in [4.69, 9.17) is 20.4 Å². The van der Waals surface area contributed by atoms with Crippen LogP contribution < -0.4 is 10.5 Å². The zero-order chi connectivity index (χ0) is 23.9. The second kappa shape index (κ2) is 9.77. The smallest absolute Gasteiger partial charge is 0.416 e. The molecule has 1 atom stereocenters. The maximum absolute atomic E-state index is 12.8. The molecule has 0 unspecified atom stereocenters. The van der Waals surface area contributed by atoms with Crippen molar-refractivity contribution in [2.75, 3.05) is 6.54 Å². The van der Waals surface area contributed by atoms with Gasteiger partial charge in [-0.25, -0.2) is 0 Å². The molecule has 5 rings (SSSR count). The summed E-state index contributed by atoms with van der Waals surface area (Å²) in [7, 11) is 0. The van der Waals surface area contributed by atoms with Crippen molar-refractivity contribution in [3.8, 4) is 17.1 Å². The number of nitrogens with one attached hydrogen (secondary N) is 1. The van der Waals surface area contributed by atoms with Crippen LogP contribution >= 0.6 is 12.4 Å². The number of likely N-dealkylation sites (tertiary alicyclic amines) is 1. The van der Waals surface area contributed by atoms with Gasteiger partial charge in [-0.1, -0.05) is 17.3 Å². The number of guanidine groups is 1. The Balaban J connectivity index is 0.00000289. The van der Waals surface area contributed by atoms with E-state index >= 15 is 0 Å². The highest BCUT2D eigenvalue weighted by Gasteiger charge is 2.33. The van der Waals surface area contributed by atoms with Crippen molar-refractivity contribution < 1.29 is 22.4 Å². The molecule has 1 aromatic heterocycles. The normalized spacial score (nSPS) is 17.8. The van der Waals surface area contributed by atoms with Crippen LogP contribution in [0, 0.1) is 5.41 Å². The first-order chi connectivity index (χ1) is 16.3. The molecule has 0 radical (unpaired) electrons. The van der Waals surface area contributed by atoms with Gasteiger partial charge in [0.2, 0.25) is 11.7 Å². The third-order valence-electron chi connectivity index (χ3n) is 6.25. The monoisotopic (exact) mass is 507 g/mol. The standard InChI is InChI=1S/C24H24F3N5O2.ClH/c25-24(26,27)17-8-3-14(4-9-17)13-33-20-10-7-16(12-18(20)15-5-6-15)21-30-22(34-31-21)19-2-1-11-32(19)23(28)29;/h3-4,7-10,12,15,19H,1-2,5-6,11,13H2,(H3,28,29);1H/t19-;/m0./s1. The highest BCUT2D eigenvalue weighted by Crippen LogP contribution is 2.45. The third kappa shape index (κ3) is 5.37. The molecular formula is C24H25ClF3N5O2. The quantitative estimate of drug-likeness (QED) is 0.329. The summed E-state index contributed by atoms with van der Waals surface area (Å²) in [6, 6.07) is 10.5. The van der Waals surface area contributed by atoms with Gasteiger partial charge in [-0.3, -0.25) is 5.41 Å². The maximum atomic E-state index is 12.8. The van der Waals surface area contributed by atoms with Crippen molar-refractivity contribution in [3.63, 3.8) is 0 Å². The number of halogens is 4. The van der Waals surface area contributed by atoms with Crippen molar-refractivity contribution in [2.45, 2.75) is 50.4 Å². The molecule has 11 heteroatoms. The molecule has 7 nitrogen and oxygen atoms in total. The van der Waals surface area contributed by atoms with E-state index < -0.39 is 11.7 Å². The summed E-state index contributed by atoms with van der Waals surface area (Å²) in [6.45, 7) is 0.862. The van der Waals surface area contributed by atoms with Crippen LogP contribution in [0.2, 0.25) is 0 Å². The lowest BCUT2D eigenvalue weighted by atomic mass is 10.0. The lowest BCUT2D eigenvalue weighted by Gasteiger charge is -2.21. The molecule has 186 valence electrons. The number of nitrogens with two attached hydrogens (primary N) is 1. The van der Waals surface area contributed by atoms with Crippen LogP contribution in [0.1, 0.15) is 60.2 Å². The molecule has 0 spiro atoms. The minimum Gasteiger partial charge on any atom is -0.489 e. The highest BCUT2D eigenvalue weighted by molar-refractivity contribution is 5.85. The summed E-state index contributed by atoms with van der Waals surface area (Å²) < 4.78 is 49.8. The number of nitrogens with zero attached hydrogens (tertiary/aromatic N) is 3. The van der Waals surface area contributed by atoms with Gasteiger partial charge in [0.25, 0.3) is 0 Å². The molecule has 1 saturated heterocycles. The Hall–Kier alpha value is -3.27. The van der Waals surface area contributed by atoms with Gasteiger partial charge in [0, 0.05) is 12.1 Å². The van der Waals surface area contributed by atoms with Gasteiger partial charge < -0.3 is 19.9 Å². The molecule has 1 saturated carbocycles. The van der Waals surface area contributed by atoms with Crippen LogP contribution in [0.15, 0.2) is 47.0 Å². The van der Waals surface area contributed by atoms with Crippen molar-refractivity contribution in [1.82, 2.24) is 15.0 Å². The maximum Gasteiger partial charge on any atom is 0.416 e. The lowest BCUT2D eigenvalue weighted by Crippen LogP contribution is -2.35. The Labute approximate surface area is 206 Å². The average Bonchev–Trinajstić information content (AvgIpc) is 3.32. The van der Waals surface area contributed by atoms with E-state index in [0.29, 0.717) is 35.5 Å². The summed E-state index contributed by atoms with van der Waals surface area (Å²) in [4.78, 5) is 6.32. The Morgan fingerprint density at radius 1 is 1.14 bits per heavy atom. The summed E-state index contributed by atoms with van der Waals surface area (Å²) in [5.74, 6) is 1.97. The second-order valence-electron chi connectivity index (χ2n) is 8.70. The van der Waals surface area contributed by atoms with E-state index in [1.165, 1.54) is 12.1 Å². The Bertz CT molecular complexity index is 1190. The van der Waals surface area contributed by atoms with Gasteiger partial charge in [0.05, 0.1) is 5.56 Å². The number of alkyl halides is 3. The van der Waals surface area contributed by atoms with Crippen LogP contribution in [0.4, 0.5) is 13.2 Å². The first-order valence-corrected chi connectivity index (χ1v) is 11.2. The van der Waals surface area contributed by atoms with Gasteiger partial charge in [0.1, 0.15) is 18.4 Å². The molecule has 0 amide bonds. The Morgan fingerprint density at radius 2 is 1.89 bits per heavy atom. The van der Waals surface area contributed by atoms with E-state index in [1.54, 1.807) is 4.90 Å². The van der Waals surface area contributed by atoms with Gasteiger partial charge >= 0.3 is 6.18 Å². The van der Waals surface area contributed by atoms with E-state index in [9.17, 15) is 13.2 Å². The molecule has 35 heavy (non-hydrogen) atoms. The first-order valence-electron chi connectivity index (χ1n) is 11.2. The molecule has 1 aliphatic carbocycles. The lowest BCUT2D eigenvalue weighted by molar-refractivity contribution is -0.137. The van der Waals surface area contributed by atoms with Crippen LogP contribution in [-0.4, -0.2) is 27.5 Å². The number of rotatable bonds is 6. The number of ether oxygens (including phenoxy) is 1. The number of hydrogen-bond donors (Lipinski definition) is 2. The van der Waals surface area contributed by atoms with E-state index in [-0.39, 0.29) is 31.0 Å². The number of benzene rings is 2. The molecule has 0 bridgehead atoms. The summed E-state index contributed by atoms with van der Waals surface area (Å²) in [6.07, 6.45) is -0.560. The average molecular weight is 508 g/mol. The van der Waals surface area contributed by atoms with Crippen molar-refractivity contribution in [3.05, 3.63) is 65.0 Å². The SMILES string of the molecule is Cl.N=C(N)N1CCC[C@H]1c1nc(-c2ccc(OCc3ccc(C(F)(F)F)cc3)c(C3CC3)c2)no1. The molecular weight excluding hydrogens is 483 g/mol. The fourth-order valence-corrected chi connectivity index (χ4v) is 4.28. The van der Waals surface area contributed by atoms with Crippen molar-refractivity contribution in [2.24, 2.45) is 5.73 Å². The minimum absolute atomic E-state index is 0. The van der Waals surface area contributed by atoms with Gasteiger partial charge in [-0.2, -0.15) is 18.2 Å². The topological polar surface area (TPSA) is 101 Å². The zero-order valence-corrected chi connectivity index (χ0v) is 19.5. The fraction of sp³-hybridized carbons (Fsp3) is 0.375. The molecule has 3 N–H and O–H groups in total. The van der Waals surface area contributed by atoms with E-state index in [0.717, 1.165) is 48.9 Å². The molecule has 2 heterocycles. The first kappa shape index (κ1) is 24.8. The summed E-state index contributed by atoms with van der Waals surface area (Å²) in [5.41, 5.74) is 7.48.